The smallest absolute Gasteiger partial charge is 0.417 e. The summed E-state index contributed by atoms with van der Waals surface area (Å²) in [6, 6.07) is 8.25. The van der Waals surface area contributed by atoms with Gasteiger partial charge in [0.2, 0.25) is 11.8 Å². The summed E-state index contributed by atoms with van der Waals surface area (Å²) in [7, 11) is 0. The van der Waals surface area contributed by atoms with Crippen molar-refractivity contribution >= 4 is 11.8 Å². The number of pyridine rings is 1. The lowest BCUT2D eigenvalue weighted by atomic mass is 10.0. The summed E-state index contributed by atoms with van der Waals surface area (Å²) in [5, 5.41) is 2.96. The zero-order chi connectivity index (χ0) is 21.7. The molecule has 1 aliphatic heterocycles. The van der Waals surface area contributed by atoms with Gasteiger partial charge in [-0.05, 0) is 43.2 Å². The van der Waals surface area contributed by atoms with Crippen molar-refractivity contribution < 1.29 is 27.5 Å². The van der Waals surface area contributed by atoms with Crippen LogP contribution in [0.4, 0.5) is 13.2 Å². The number of carbonyl (C=O) groups is 2. The summed E-state index contributed by atoms with van der Waals surface area (Å²) in [5.74, 6) is -0.240. The number of hydrogen-bond donors (Lipinski definition) is 2. The number of nitrogens with zero attached hydrogens (tertiary/aromatic N) is 2. The SMILES string of the molecule is NC(=O)CN1CCC(NC(=O)c2ccc(Oc3ccc(C(F)(F)F)cn3)cc2)CC1. The molecule has 0 unspecified atom stereocenters. The number of rotatable bonds is 6. The standard InChI is InChI=1S/C20H21F3N4O3/c21-20(22,23)14-3-6-18(25-11-14)30-16-4-1-13(2-5-16)19(29)26-15-7-9-27(10-8-15)12-17(24)28/h1-6,11,15H,7-10,12H2,(H2,24,28)(H,26,29). The molecular weight excluding hydrogens is 401 g/mol. The number of nitrogens with one attached hydrogen (secondary N) is 1. The molecule has 7 nitrogen and oxygen atoms in total. The number of hydrogen-bond acceptors (Lipinski definition) is 5. The fourth-order valence-corrected chi connectivity index (χ4v) is 3.13. The predicted octanol–water partition coefficient (Wildman–Crippen LogP) is 2.57. The summed E-state index contributed by atoms with van der Waals surface area (Å²) >= 11 is 0. The molecule has 3 N–H and O–H groups in total. The molecule has 1 aromatic carbocycles. The van der Waals surface area contributed by atoms with Crippen LogP contribution in [0.3, 0.4) is 0 Å². The first kappa shape index (κ1) is 21.6. The highest BCUT2D eigenvalue weighted by Crippen LogP contribution is 2.30. The van der Waals surface area contributed by atoms with Crippen molar-refractivity contribution in [3.63, 3.8) is 0 Å². The molecule has 1 fully saturated rings. The fraction of sp³-hybridized carbons (Fsp3) is 0.350. The van der Waals surface area contributed by atoms with Crippen LogP contribution in [0.25, 0.3) is 0 Å². The third kappa shape index (κ3) is 5.93. The van der Waals surface area contributed by atoms with E-state index in [1.807, 2.05) is 4.90 Å². The molecule has 1 aliphatic rings. The number of aromatic nitrogens is 1. The fourth-order valence-electron chi connectivity index (χ4n) is 3.13. The lowest BCUT2D eigenvalue weighted by molar-refractivity contribution is -0.137. The molecule has 0 spiro atoms. The Bertz CT molecular complexity index is 878. The van der Waals surface area contributed by atoms with Crippen LogP contribution >= 0.6 is 0 Å². The Morgan fingerprint density at radius 3 is 2.33 bits per heavy atom. The first-order valence-electron chi connectivity index (χ1n) is 9.33. The number of piperidine rings is 1. The number of benzene rings is 1. The average Bonchev–Trinajstić information content (AvgIpc) is 2.69. The third-order valence-electron chi connectivity index (χ3n) is 4.70. The van der Waals surface area contributed by atoms with Crippen molar-refractivity contribution in [2.75, 3.05) is 19.6 Å². The number of halogens is 3. The van der Waals surface area contributed by atoms with Gasteiger partial charge >= 0.3 is 6.18 Å². The van der Waals surface area contributed by atoms with Gasteiger partial charge in [0.1, 0.15) is 5.75 Å². The molecule has 3 rings (SSSR count). The maximum absolute atomic E-state index is 12.6. The van der Waals surface area contributed by atoms with Gasteiger partial charge in [0.15, 0.2) is 0 Å². The highest BCUT2D eigenvalue weighted by atomic mass is 19.4. The van der Waals surface area contributed by atoms with Gasteiger partial charge in [0.25, 0.3) is 5.91 Å². The zero-order valence-electron chi connectivity index (χ0n) is 16.0. The van der Waals surface area contributed by atoms with E-state index < -0.39 is 11.7 Å². The summed E-state index contributed by atoms with van der Waals surface area (Å²) in [4.78, 5) is 29.0. The van der Waals surface area contributed by atoms with Crippen LogP contribution in [0.1, 0.15) is 28.8 Å². The van der Waals surface area contributed by atoms with Gasteiger partial charge in [-0.15, -0.1) is 0 Å². The van der Waals surface area contributed by atoms with Gasteiger partial charge < -0.3 is 15.8 Å². The first-order chi connectivity index (χ1) is 14.2. The van der Waals surface area contributed by atoms with Crippen molar-refractivity contribution in [3.05, 3.63) is 53.7 Å². The number of alkyl halides is 3. The quantitative estimate of drug-likeness (QED) is 0.746. The Kier molecular flexibility index (Phi) is 6.56. The van der Waals surface area contributed by atoms with Crippen molar-refractivity contribution in [3.8, 4) is 11.6 Å². The third-order valence-corrected chi connectivity index (χ3v) is 4.70. The van der Waals surface area contributed by atoms with Gasteiger partial charge in [-0.1, -0.05) is 0 Å². The highest BCUT2D eigenvalue weighted by molar-refractivity contribution is 5.94. The molecule has 0 bridgehead atoms. The molecule has 10 heteroatoms. The zero-order valence-corrected chi connectivity index (χ0v) is 16.0. The van der Waals surface area contributed by atoms with Gasteiger partial charge in [0.05, 0.1) is 12.1 Å². The number of primary amides is 1. The van der Waals surface area contributed by atoms with E-state index in [0.717, 1.165) is 25.0 Å². The van der Waals surface area contributed by atoms with E-state index in [1.165, 1.54) is 0 Å². The maximum Gasteiger partial charge on any atom is 0.417 e. The maximum atomic E-state index is 12.6. The predicted molar refractivity (Wildman–Crippen MR) is 102 cm³/mol. The van der Waals surface area contributed by atoms with Crippen molar-refractivity contribution in [2.24, 2.45) is 5.73 Å². The molecule has 0 radical (unpaired) electrons. The van der Waals surface area contributed by atoms with Crippen LogP contribution < -0.4 is 15.8 Å². The average molecular weight is 422 g/mol. The molecule has 2 amide bonds. The molecular formula is C20H21F3N4O3. The molecule has 1 aromatic heterocycles. The Balaban J connectivity index is 1.51. The van der Waals surface area contributed by atoms with Crippen molar-refractivity contribution in [1.29, 1.82) is 0 Å². The Labute approximate surface area is 171 Å². The van der Waals surface area contributed by atoms with E-state index >= 15 is 0 Å². The van der Waals surface area contributed by atoms with E-state index in [9.17, 15) is 22.8 Å². The van der Waals surface area contributed by atoms with E-state index in [1.54, 1.807) is 24.3 Å². The van der Waals surface area contributed by atoms with E-state index in [-0.39, 0.29) is 30.3 Å². The second-order valence-corrected chi connectivity index (χ2v) is 7.00. The van der Waals surface area contributed by atoms with E-state index in [4.69, 9.17) is 10.5 Å². The van der Waals surface area contributed by atoms with Gasteiger partial charge in [0, 0.05) is 37.0 Å². The number of nitrogens with two attached hydrogens (primary N) is 1. The molecule has 1 saturated heterocycles. The minimum Gasteiger partial charge on any atom is -0.439 e. The van der Waals surface area contributed by atoms with Gasteiger partial charge in [-0.2, -0.15) is 13.2 Å². The van der Waals surface area contributed by atoms with Crippen LogP contribution in [0, 0.1) is 0 Å². The van der Waals surface area contributed by atoms with Crippen LogP contribution in [-0.2, 0) is 11.0 Å². The normalized spacial score (nSPS) is 15.6. The molecule has 0 aliphatic carbocycles. The van der Waals surface area contributed by atoms with Crippen LogP contribution in [0.5, 0.6) is 11.6 Å². The second kappa shape index (κ2) is 9.12. The van der Waals surface area contributed by atoms with Crippen LogP contribution in [-0.4, -0.2) is 47.4 Å². The lowest BCUT2D eigenvalue weighted by Gasteiger charge is -2.31. The number of amides is 2. The Morgan fingerprint density at radius 2 is 1.80 bits per heavy atom. The summed E-state index contributed by atoms with van der Waals surface area (Å²) < 4.78 is 43.1. The van der Waals surface area contributed by atoms with Crippen molar-refractivity contribution in [1.82, 2.24) is 15.2 Å². The first-order valence-corrected chi connectivity index (χ1v) is 9.33. The van der Waals surface area contributed by atoms with Crippen LogP contribution in [0.15, 0.2) is 42.6 Å². The highest BCUT2D eigenvalue weighted by Gasteiger charge is 2.30. The van der Waals surface area contributed by atoms with Crippen molar-refractivity contribution in [2.45, 2.75) is 25.1 Å². The lowest BCUT2D eigenvalue weighted by Crippen LogP contribution is -2.46. The Morgan fingerprint density at radius 1 is 1.13 bits per heavy atom. The number of carbonyl (C=O) groups excluding carboxylic acids is 2. The summed E-state index contributed by atoms with van der Waals surface area (Å²) in [6.07, 6.45) is -2.31. The summed E-state index contributed by atoms with van der Waals surface area (Å²) in [5.41, 5.74) is 4.76. The van der Waals surface area contributed by atoms with Gasteiger partial charge in [-0.25, -0.2) is 4.98 Å². The van der Waals surface area contributed by atoms with E-state index in [0.29, 0.717) is 30.6 Å². The molecule has 160 valence electrons. The molecule has 2 aromatic rings. The minimum atomic E-state index is -4.46. The monoisotopic (exact) mass is 422 g/mol. The minimum absolute atomic E-state index is 0.00824. The number of likely N-dealkylation sites (tertiary alicyclic amines) is 1. The number of ether oxygens (including phenoxy) is 1. The largest absolute Gasteiger partial charge is 0.439 e. The summed E-state index contributed by atoms with van der Waals surface area (Å²) in [6.45, 7) is 1.58. The molecule has 0 atom stereocenters. The molecule has 2 heterocycles. The molecule has 0 saturated carbocycles. The van der Waals surface area contributed by atoms with Gasteiger partial charge in [-0.3, -0.25) is 14.5 Å². The Hall–Kier alpha value is -3.14. The van der Waals surface area contributed by atoms with E-state index in [2.05, 4.69) is 10.3 Å². The second-order valence-electron chi connectivity index (χ2n) is 7.00. The van der Waals surface area contributed by atoms with Crippen LogP contribution in [0.2, 0.25) is 0 Å². The topological polar surface area (TPSA) is 97.6 Å². The molecule has 30 heavy (non-hydrogen) atoms.